The first-order valence-electron chi connectivity index (χ1n) is 4.63. The zero-order valence-corrected chi connectivity index (χ0v) is 9.06. The second-order valence-corrected chi connectivity index (χ2v) is 3.51. The second kappa shape index (κ2) is 6.56. The van der Waals surface area contributed by atoms with Crippen molar-refractivity contribution in [3.63, 3.8) is 0 Å². The third-order valence-corrected chi connectivity index (χ3v) is 1.88. The quantitative estimate of drug-likeness (QED) is 0.500. The molecule has 0 bridgehead atoms. The number of ether oxygens (including phenoxy) is 1. The van der Waals surface area contributed by atoms with Crippen molar-refractivity contribution in [1.29, 1.82) is 0 Å². The minimum atomic E-state index is -0.624. The molecule has 0 aliphatic heterocycles. The average molecular weight is 201 g/mol. The van der Waals surface area contributed by atoms with Crippen LogP contribution < -0.4 is 0 Å². The summed E-state index contributed by atoms with van der Waals surface area (Å²) in [5, 5.41) is 9.57. The van der Waals surface area contributed by atoms with Crippen molar-refractivity contribution in [2.45, 2.75) is 25.6 Å². The molecule has 4 heteroatoms. The summed E-state index contributed by atoms with van der Waals surface area (Å²) >= 11 is 0. The van der Waals surface area contributed by atoms with Gasteiger partial charge in [0.1, 0.15) is 6.10 Å². The van der Waals surface area contributed by atoms with Gasteiger partial charge in [-0.1, -0.05) is 6.58 Å². The molecule has 82 valence electrons. The van der Waals surface area contributed by atoms with Gasteiger partial charge in [-0.3, -0.25) is 0 Å². The van der Waals surface area contributed by atoms with Crippen LogP contribution >= 0.6 is 0 Å². The Kier molecular flexibility index (Phi) is 6.16. The SMILES string of the molecule is C=CC(=O)OC(C)C(O)CCN(C)C. The summed E-state index contributed by atoms with van der Waals surface area (Å²) in [6.07, 6.45) is 0.565. The van der Waals surface area contributed by atoms with Crippen LogP contribution in [-0.4, -0.2) is 48.8 Å². The van der Waals surface area contributed by atoms with E-state index in [9.17, 15) is 9.90 Å². The number of hydrogen-bond donors (Lipinski definition) is 1. The molecule has 4 nitrogen and oxygen atoms in total. The molecule has 0 aromatic carbocycles. The van der Waals surface area contributed by atoms with Crippen molar-refractivity contribution in [3.05, 3.63) is 12.7 Å². The summed E-state index contributed by atoms with van der Waals surface area (Å²) < 4.78 is 4.87. The lowest BCUT2D eigenvalue weighted by Crippen LogP contribution is -2.31. The Balaban J connectivity index is 3.80. The van der Waals surface area contributed by atoms with Gasteiger partial charge in [0.15, 0.2) is 0 Å². The maximum absolute atomic E-state index is 10.8. The lowest BCUT2D eigenvalue weighted by molar-refractivity contribution is -0.147. The van der Waals surface area contributed by atoms with Gasteiger partial charge in [0.25, 0.3) is 0 Å². The third kappa shape index (κ3) is 5.72. The number of aliphatic hydroxyl groups excluding tert-OH is 1. The van der Waals surface area contributed by atoms with Crippen molar-refractivity contribution in [1.82, 2.24) is 4.90 Å². The molecule has 2 atom stereocenters. The molecule has 0 saturated heterocycles. The van der Waals surface area contributed by atoms with Gasteiger partial charge in [-0.15, -0.1) is 0 Å². The highest BCUT2D eigenvalue weighted by molar-refractivity contribution is 5.81. The number of esters is 1. The van der Waals surface area contributed by atoms with Crippen molar-refractivity contribution < 1.29 is 14.6 Å². The van der Waals surface area contributed by atoms with E-state index in [-0.39, 0.29) is 0 Å². The smallest absolute Gasteiger partial charge is 0.330 e. The van der Waals surface area contributed by atoms with Crippen LogP contribution in [0.15, 0.2) is 12.7 Å². The lowest BCUT2D eigenvalue weighted by atomic mass is 10.1. The number of hydrogen-bond acceptors (Lipinski definition) is 4. The van der Waals surface area contributed by atoms with Crippen LogP contribution in [-0.2, 0) is 9.53 Å². The number of rotatable bonds is 6. The Labute approximate surface area is 85.2 Å². The number of aliphatic hydroxyl groups is 1. The fraction of sp³-hybridized carbons (Fsp3) is 0.700. The van der Waals surface area contributed by atoms with Gasteiger partial charge >= 0.3 is 5.97 Å². The molecule has 1 N–H and O–H groups in total. The predicted molar refractivity (Wildman–Crippen MR) is 54.9 cm³/mol. The maximum atomic E-state index is 10.8. The zero-order chi connectivity index (χ0) is 11.1. The van der Waals surface area contributed by atoms with Gasteiger partial charge in [0, 0.05) is 12.6 Å². The second-order valence-electron chi connectivity index (χ2n) is 3.51. The number of carbonyl (C=O) groups excluding carboxylic acids is 1. The van der Waals surface area contributed by atoms with Gasteiger partial charge in [0.05, 0.1) is 6.10 Å². The molecule has 0 saturated carbocycles. The van der Waals surface area contributed by atoms with Crippen molar-refractivity contribution in [3.8, 4) is 0 Å². The Morgan fingerprint density at radius 2 is 2.21 bits per heavy atom. The lowest BCUT2D eigenvalue weighted by Gasteiger charge is -2.20. The van der Waals surface area contributed by atoms with Crippen LogP contribution in [0.25, 0.3) is 0 Å². The zero-order valence-electron chi connectivity index (χ0n) is 9.06. The fourth-order valence-corrected chi connectivity index (χ4v) is 0.935. The topological polar surface area (TPSA) is 49.8 Å². The standard InChI is InChI=1S/C10H19NO3/c1-5-10(13)14-8(2)9(12)6-7-11(3)4/h5,8-9,12H,1,6-7H2,2-4H3. The summed E-state index contributed by atoms with van der Waals surface area (Å²) in [5.41, 5.74) is 0. The van der Waals surface area contributed by atoms with Gasteiger partial charge in [-0.2, -0.15) is 0 Å². The van der Waals surface area contributed by atoms with E-state index in [1.165, 1.54) is 0 Å². The Morgan fingerprint density at radius 1 is 1.64 bits per heavy atom. The summed E-state index contributed by atoms with van der Waals surface area (Å²) in [5.74, 6) is -0.499. The Morgan fingerprint density at radius 3 is 2.64 bits per heavy atom. The molecule has 0 fully saturated rings. The molecule has 0 radical (unpaired) electrons. The largest absolute Gasteiger partial charge is 0.457 e. The first-order chi connectivity index (χ1) is 6.47. The molecule has 2 unspecified atom stereocenters. The van der Waals surface area contributed by atoms with Crippen LogP contribution in [0.1, 0.15) is 13.3 Å². The number of nitrogens with zero attached hydrogens (tertiary/aromatic N) is 1. The highest BCUT2D eigenvalue weighted by Crippen LogP contribution is 2.04. The van der Waals surface area contributed by atoms with E-state index in [4.69, 9.17) is 4.74 Å². The molecule has 0 aliphatic carbocycles. The molecule has 0 heterocycles. The third-order valence-electron chi connectivity index (χ3n) is 1.88. The van der Waals surface area contributed by atoms with E-state index in [1.54, 1.807) is 6.92 Å². The van der Waals surface area contributed by atoms with Gasteiger partial charge in [0.2, 0.25) is 0 Å². The highest BCUT2D eigenvalue weighted by Gasteiger charge is 2.17. The molecule has 0 spiro atoms. The van der Waals surface area contributed by atoms with E-state index in [2.05, 4.69) is 6.58 Å². The molecule has 0 amide bonds. The summed E-state index contributed by atoms with van der Waals surface area (Å²) in [6.45, 7) is 5.71. The molecule has 0 rings (SSSR count). The van der Waals surface area contributed by atoms with Gasteiger partial charge < -0.3 is 14.7 Å². The number of carbonyl (C=O) groups is 1. The molecular weight excluding hydrogens is 182 g/mol. The summed E-state index contributed by atoms with van der Waals surface area (Å²) in [6, 6.07) is 0. The average Bonchev–Trinajstić information content (AvgIpc) is 2.13. The van der Waals surface area contributed by atoms with Crippen LogP contribution in [0.2, 0.25) is 0 Å². The van der Waals surface area contributed by atoms with Crippen LogP contribution in [0.3, 0.4) is 0 Å². The Hall–Kier alpha value is -0.870. The summed E-state index contributed by atoms with van der Waals surface area (Å²) in [4.78, 5) is 12.8. The van der Waals surface area contributed by atoms with E-state index >= 15 is 0 Å². The molecule has 0 aliphatic rings. The van der Waals surface area contributed by atoms with Crippen molar-refractivity contribution >= 4 is 5.97 Å². The molecule has 0 aromatic heterocycles. The molecule has 14 heavy (non-hydrogen) atoms. The predicted octanol–water partition coefficient (Wildman–Crippen LogP) is 0.417. The first-order valence-corrected chi connectivity index (χ1v) is 4.63. The highest BCUT2D eigenvalue weighted by atomic mass is 16.6. The minimum absolute atomic E-state index is 0.486. The van der Waals surface area contributed by atoms with E-state index in [1.807, 2.05) is 19.0 Å². The van der Waals surface area contributed by atoms with Crippen molar-refractivity contribution in [2.24, 2.45) is 0 Å². The van der Waals surface area contributed by atoms with E-state index < -0.39 is 18.2 Å². The fourth-order valence-electron chi connectivity index (χ4n) is 0.935. The van der Waals surface area contributed by atoms with Gasteiger partial charge in [-0.05, 0) is 27.4 Å². The van der Waals surface area contributed by atoms with E-state index in [0.717, 1.165) is 12.6 Å². The van der Waals surface area contributed by atoms with Gasteiger partial charge in [-0.25, -0.2) is 4.79 Å². The Bertz CT molecular complexity index is 192. The molecule has 0 aromatic rings. The summed E-state index contributed by atoms with van der Waals surface area (Å²) in [7, 11) is 3.85. The van der Waals surface area contributed by atoms with Crippen LogP contribution in [0.5, 0.6) is 0 Å². The first kappa shape index (κ1) is 13.1. The normalized spacial score (nSPS) is 14.9. The van der Waals surface area contributed by atoms with Crippen molar-refractivity contribution in [2.75, 3.05) is 20.6 Å². The monoisotopic (exact) mass is 201 g/mol. The maximum Gasteiger partial charge on any atom is 0.330 e. The minimum Gasteiger partial charge on any atom is -0.457 e. The molecular formula is C10H19NO3. The van der Waals surface area contributed by atoms with E-state index in [0.29, 0.717) is 6.42 Å². The van der Waals surface area contributed by atoms with Crippen LogP contribution in [0, 0.1) is 0 Å². The van der Waals surface area contributed by atoms with Crippen LogP contribution in [0.4, 0.5) is 0 Å².